The summed E-state index contributed by atoms with van der Waals surface area (Å²) >= 11 is 0. The van der Waals surface area contributed by atoms with Crippen LogP contribution in [0.4, 0.5) is 0 Å². The Morgan fingerprint density at radius 1 is 0.341 bits per heavy atom. The second kappa shape index (κ2) is 9.86. The Balaban J connectivity index is 1.33. The first-order valence-corrected chi connectivity index (χ1v) is 14.9. The Morgan fingerprint density at radius 2 is 0.909 bits per heavy atom. The molecule has 0 saturated carbocycles. The minimum absolute atomic E-state index is 0.0556. The molecule has 0 radical (unpaired) electrons. The lowest BCUT2D eigenvalue weighted by molar-refractivity contribution is 1.18. The first-order chi connectivity index (χ1) is 23.1. The summed E-state index contributed by atoms with van der Waals surface area (Å²) in [5, 5.41) is 3.73. The molecule has 2 aromatic heterocycles. The van der Waals surface area contributed by atoms with Crippen molar-refractivity contribution >= 4 is 43.6 Å². The van der Waals surface area contributed by atoms with Crippen LogP contribution in [0.25, 0.3) is 77.2 Å². The fourth-order valence-corrected chi connectivity index (χ4v) is 6.59. The summed E-state index contributed by atoms with van der Waals surface area (Å²) in [6.07, 6.45) is 0. The Bertz CT molecular complexity index is 2640. The van der Waals surface area contributed by atoms with Crippen molar-refractivity contribution in [2.45, 2.75) is 0 Å². The van der Waals surface area contributed by atoms with Gasteiger partial charge in [0.1, 0.15) is 0 Å². The van der Waals surface area contributed by atoms with E-state index < -0.39 is 0 Å². The minimum Gasteiger partial charge on any atom is -0.309 e. The van der Waals surface area contributed by atoms with E-state index in [0.29, 0.717) is 16.5 Å². The monoisotopic (exact) mass is 563 g/mol. The molecule has 0 aliphatic carbocycles. The predicted molar refractivity (Wildman–Crippen MR) is 186 cm³/mol. The van der Waals surface area contributed by atoms with Gasteiger partial charge in [0.15, 0.2) is 0 Å². The fourth-order valence-electron chi connectivity index (χ4n) is 6.59. The molecule has 206 valence electrons. The zero-order chi connectivity index (χ0) is 31.6. The van der Waals surface area contributed by atoms with E-state index in [-0.39, 0.29) is 18.1 Å². The Labute approximate surface area is 259 Å². The van der Waals surface area contributed by atoms with Crippen molar-refractivity contribution in [3.05, 3.63) is 170 Å². The summed E-state index contributed by atoms with van der Waals surface area (Å²) in [5.41, 5.74) is 9.15. The van der Waals surface area contributed by atoms with E-state index in [0.717, 1.165) is 60.8 Å². The molecule has 0 bridgehead atoms. The Morgan fingerprint density at radius 3 is 1.66 bits per heavy atom. The molecule has 0 aliphatic rings. The summed E-state index contributed by atoms with van der Waals surface area (Å²) in [6.45, 7) is 0. The van der Waals surface area contributed by atoms with Gasteiger partial charge in [-0.15, -0.1) is 0 Å². The van der Waals surface area contributed by atoms with Crippen molar-refractivity contribution in [3.8, 4) is 33.6 Å². The minimum atomic E-state index is 0.0556. The summed E-state index contributed by atoms with van der Waals surface area (Å²) in [5.74, 6) is 0. The van der Waals surface area contributed by atoms with Crippen LogP contribution in [0.3, 0.4) is 0 Å². The summed E-state index contributed by atoms with van der Waals surface area (Å²) in [7, 11) is 0. The standard InChI is InChI=1S/C42H28N2/c1-4-12-29(13-5-1)32-20-23-36-38-27-31(22-25-41(38)44(42(36)28-32)34-16-8-3-9-17-34)30-21-24-40-37(26-30)35-18-10-11-19-39(35)43(40)33-14-6-2-7-15-33/h1-28H/i21D,24D,26D. The van der Waals surface area contributed by atoms with E-state index in [1.54, 1.807) is 0 Å². The van der Waals surface area contributed by atoms with Crippen LogP contribution in [0.5, 0.6) is 0 Å². The van der Waals surface area contributed by atoms with E-state index >= 15 is 0 Å². The van der Waals surface area contributed by atoms with Crippen LogP contribution in [0.2, 0.25) is 0 Å². The number of hydrogen-bond acceptors (Lipinski definition) is 0. The molecule has 2 nitrogen and oxygen atoms in total. The molecule has 44 heavy (non-hydrogen) atoms. The maximum absolute atomic E-state index is 9.58. The van der Waals surface area contributed by atoms with E-state index in [2.05, 4.69) is 83.4 Å². The number of para-hydroxylation sites is 3. The predicted octanol–water partition coefficient (Wildman–Crippen LogP) is 11.2. The van der Waals surface area contributed by atoms with Crippen LogP contribution >= 0.6 is 0 Å². The average Bonchev–Trinajstić information content (AvgIpc) is 3.65. The smallest absolute Gasteiger partial charge is 0.0645 e. The van der Waals surface area contributed by atoms with Crippen molar-refractivity contribution in [1.82, 2.24) is 9.13 Å². The van der Waals surface area contributed by atoms with Crippen molar-refractivity contribution in [1.29, 1.82) is 0 Å². The van der Waals surface area contributed by atoms with Gasteiger partial charge in [-0.2, -0.15) is 0 Å². The third-order valence-corrected chi connectivity index (χ3v) is 8.62. The van der Waals surface area contributed by atoms with Gasteiger partial charge in [0.2, 0.25) is 0 Å². The highest BCUT2D eigenvalue weighted by Gasteiger charge is 2.16. The lowest BCUT2D eigenvalue weighted by atomic mass is 9.99. The van der Waals surface area contributed by atoms with Gasteiger partial charge in [-0.05, 0) is 82.9 Å². The second-order valence-corrected chi connectivity index (χ2v) is 11.2. The maximum Gasteiger partial charge on any atom is 0.0645 e. The largest absolute Gasteiger partial charge is 0.309 e. The van der Waals surface area contributed by atoms with Gasteiger partial charge < -0.3 is 9.13 Å². The highest BCUT2D eigenvalue weighted by molar-refractivity contribution is 6.13. The Hall–Kier alpha value is -5.86. The van der Waals surface area contributed by atoms with Gasteiger partial charge in [-0.3, -0.25) is 0 Å². The molecule has 0 fully saturated rings. The maximum atomic E-state index is 9.58. The Kier molecular flexibility index (Phi) is 4.88. The van der Waals surface area contributed by atoms with Crippen LogP contribution in [-0.2, 0) is 0 Å². The molecular weight excluding hydrogens is 532 g/mol. The van der Waals surface area contributed by atoms with E-state index in [1.165, 1.54) is 0 Å². The second-order valence-electron chi connectivity index (χ2n) is 11.2. The number of benzene rings is 7. The number of aromatic nitrogens is 2. The van der Waals surface area contributed by atoms with Gasteiger partial charge in [0, 0.05) is 32.9 Å². The third kappa shape index (κ3) is 3.82. The van der Waals surface area contributed by atoms with E-state index in [4.69, 9.17) is 0 Å². The highest BCUT2D eigenvalue weighted by atomic mass is 15.0. The van der Waals surface area contributed by atoms with Gasteiger partial charge in [0.25, 0.3) is 0 Å². The van der Waals surface area contributed by atoms with E-state index in [1.807, 2.05) is 77.4 Å². The van der Waals surface area contributed by atoms with Crippen molar-refractivity contribution in [3.63, 3.8) is 0 Å². The SMILES string of the molecule is [2H]c1c(-c2ccc3c(c2)c2ccc(-c4ccccc4)cc2n3-c2ccccc2)c([2H])c2c3ccccc3n(-c3ccccc3)c2c1[2H]. The lowest BCUT2D eigenvalue weighted by Gasteiger charge is -2.09. The van der Waals surface area contributed by atoms with Crippen LogP contribution in [0.1, 0.15) is 4.11 Å². The summed E-state index contributed by atoms with van der Waals surface area (Å²) in [4.78, 5) is 0. The number of nitrogens with zero attached hydrogens (tertiary/aromatic N) is 2. The first kappa shape index (κ1) is 21.8. The lowest BCUT2D eigenvalue weighted by Crippen LogP contribution is -1.93. The zero-order valence-electron chi connectivity index (χ0n) is 26.8. The van der Waals surface area contributed by atoms with Crippen LogP contribution in [0.15, 0.2) is 170 Å². The zero-order valence-corrected chi connectivity index (χ0v) is 23.8. The molecular formula is C42H28N2. The van der Waals surface area contributed by atoms with Crippen molar-refractivity contribution < 1.29 is 4.11 Å². The van der Waals surface area contributed by atoms with Gasteiger partial charge in [-0.1, -0.05) is 109 Å². The summed E-state index contributed by atoms with van der Waals surface area (Å²) in [6, 6.07) is 51.9. The molecule has 7 aromatic carbocycles. The molecule has 2 heterocycles. The van der Waals surface area contributed by atoms with E-state index in [9.17, 15) is 4.11 Å². The van der Waals surface area contributed by atoms with Gasteiger partial charge >= 0.3 is 0 Å². The molecule has 0 saturated heterocycles. The fraction of sp³-hybridized carbons (Fsp3) is 0. The molecule has 0 amide bonds. The third-order valence-electron chi connectivity index (χ3n) is 8.62. The molecule has 0 N–H and O–H groups in total. The number of fused-ring (bicyclic) bond motifs is 6. The number of rotatable bonds is 4. The first-order valence-electron chi connectivity index (χ1n) is 16.4. The molecule has 0 spiro atoms. The molecule has 9 aromatic rings. The number of hydrogen-bond donors (Lipinski definition) is 0. The van der Waals surface area contributed by atoms with Crippen LogP contribution in [0, 0.1) is 0 Å². The topological polar surface area (TPSA) is 9.86 Å². The quantitative estimate of drug-likeness (QED) is 0.202. The molecule has 2 heteroatoms. The van der Waals surface area contributed by atoms with Crippen molar-refractivity contribution in [2.24, 2.45) is 0 Å². The van der Waals surface area contributed by atoms with Crippen LogP contribution in [-0.4, -0.2) is 9.13 Å². The molecule has 0 aliphatic heterocycles. The van der Waals surface area contributed by atoms with Gasteiger partial charge in [0.05, 0.1) is 26.2 Å². The van der Waals surface area contributed by atoms with Gasteiger partial charge in [-0.25, -0.2) is 0 Å². The van der Waals surface area contributed by atoms with Crippen molar-refractivity contribution in [2.75, 3.05) is 0 Å². The molecule has 9 rings (SSSR count). The summed E-state index contributed by atoms with van der Waals surface area (Å²) < 4.78 is 32.5. The average molecular weight is 564 g/mol. The molecule has 0 atom stereocenters. The normalized spacial score (nSPS) is 12.6. The highest BCUT2D eigenvalue weighted by Crippen LogP contribution is 2.39. The van der Waals surface area contributed by atoms with Crippen LogP contribution < -0.4 is 0 Å². The molecule has 0 unspecified atom stereocenters.